The molecule has 0 aliphatic rings. The number of unbranched alkanes of at least 4 members (excludes halogenated alkanes) is 45. The average molecular weight is 1010 g/mol. The highest BCUT2D eigenvalue weighted by molar-refractivity contribution is 5.71. The molecule has 0 N–H and O–H groups in total. The first kappa shape index (κ1) is 69.9. The van der Waals surface area contributed by atoms with E-state index in [4.69, 9.17) is 14.2 Å². The van der Waals surface area contributed by atoms with Gasteiger partial charge >= 0.3 is 17.9 Å². The molecule has 1 unspecified atom stereocenters. The molecule has 72 heavy (non-hydrogen) atoms. The normalized spacial score (nSPS) is 12.1. The molecule has 0 aliphatic carbocycles. The van der Waals surface area contributed by atoms with Crippen LogP contribution in [0.3, 0.4) is 0 Å². The topological polar surface area (TPSA) is 78.9 Å². The van der Waals surface area contributed by atoms with Crippen LogP contribution in [-0.2, 0) is 28.6 Å². The minimum Gasteiger partial charge on any atom is -0.462 e. The molecule has 424 valence electrons. The maximum absolute atomic E-state index is 12.8. The van der Waals surface area contributed by atoms with Crippen LogP contribution in [0.25, 0.3) is 0 Å². The van der Waals surface area contributed by atoms with E-state index in [-0.39, 0.29) is 31.1 Å². The molecule has 1 atom stereocenters. The second-order valence-corrected chi connectivity index (χ2v) is 22.0. The first-order valence-electron chi connectivity index (χ1n) is 32.3. The van der Waals surface area contributed by atoms with Gasteiger partial charge in [0, 0.05) is 19.3 Å². The van der Waals surface area contributed by atoms with Crippen LogP contribution in [0.1, 0.15) is 361 Å². The minimum absolute atomic E-state index is 0.0651. The zero-order chi connectivity index (χ0) is 52.2. The van der Waals surface area contributed by atoms with Crippen molar-refractivity contribution in [3.8, 4) is 0 Å². The first-order chi connectivity index (χ1) is 35.5. The fourth-order valence-corrected chi connectivity index (χ4v) is 9.83. The maximum atomic E-state index is 12.8. The van der Waals surface area contributed by atoms with Gasteiger partial charge in [-0.2, -0.15) is 0 Å². The average Bonchev–Trinajstić information content (AvgIpc) is 3.38. The van der Waals surface area contributed by atoms with Crippen LogP contribution in [0, 0.1) is 0 Å². The molecule has 0 aromatic heterocycles. The Balaban J connectivity index is 3.99. The van der Waals surface area contributed by atoms with E-state index in [0.29, 0.717) is 19.3 Å². The second-order valence-electron chi connectivity index (χ2n) is 22.0. The maximum Gasteiger partial charge on any atom is 0.306 e. The molecule has 0 amide bonds. The predicted molar refractivity (Wildman–Crippen MR) is 312 cm³/mol. The molecular weight excluding hydrogens is 889 g/mol. The van der Waals surface area contributed by atoms with Gasteiger partial charge in [-0.25, -0.2) is 0 Å². The molecule has 0 spiro atoms. The van der Waals surface area contributed by atoms with E-state index in [9.17, 15) is 14.4 Å². The molecule has 0 fully saturated rings. The predicted octanol–water partition coefficient (Wildman–Crippen LogP) is 21.8. The summed E-state index contributed by atoms with van der Waals surface area (Å²) in [5, 5.41) is 0. The third-order valence-corrected chi connectivity index (χ3v) is 14.7. The van der Waals surface area contributed by atoms with Crippen molar-refractivity contribution in [3.63, 3.8) is 0 Å². The molecule has 0 bridgehead atoms. The monoisotopic (exact) mass is 1010 g/mol. The van der Waals surface area contributed by atoms with Crippen LogP contribution in [-0.4, -0.2) is 37.2 Å². The summed E-state index contributed by atoms with van der Waals surface area (Å²) in [6.07, 6.45) is 73.7. The first-order valence-corrected chi connectivity index (χ1v) is 32.3. The second kappa shape index (κ2) is 61.4. The summed E-state index contributed by atoms with van der Waals surface area (Å²) in [5.74, 6) is -0.850. The quantitative estimate of drug-likeness (QED) is 0.0261. The lowest BCUT2D eigenvalue weighted by Gasteiger charge is -2.18. The number of hydrogen-bond acceptors (Lipinski definition) is 6. The summed E-state index contributed by atoms with van der Waals surface area (Å²) in [6.45, 7) is 6.63. The van der Waals surface area contributed by atoms with Gasteiger partial charge in [0.15, 0.2) is 6.10 Å². The fraction of sp³-hybridized carbons (Fsp3) is 0.894. The van der Waals surface area contributed by atoms with E-state index in [0.717, 1.165) is 64.2 Å². The van der Waals surface area contributed by atoms with Crippen molar-refractivity contribution in [2.24, 2.45) is 0 Å². The van der Waals surface area contributed by atoms with Crippen LogP contribution in [0.15, 0.2) is 24.3 Å². The summed E-state index contributed by atoms with van der Waals surface area (Å²) in [5.41, 5.74) is 0. The van der Waals surface area contributed by atoms with E-state index in [1.54, 1.807) is 0 Å². The van der Waals surface area contributed by atoms with E-state index in [2.05, 4.69) is 45.1 Å². The van der Waals surface area contributed by atoms with Gasteiger partial charge in [0.2, 0.25) is 0 Å². The van der Waals surface area contributed by atoms with Crippen LogP contribution < -0.4 is 0 Å². The Hall–Kier alpha value is -2.11. The molecule has 0 saturated heterocycles. The van der Waals surface area contributed by atoms with Crippen LogP contribution >= 0.6 is 0 Å². The lowest BCUT2D eigenvalue weighted by molar-refractivity contribution is -0.167. The Morgan fingerprint density at radius 2 is 0.500 bits per heavy atom. The van der Waals surface area contributed by atoms with E-state index in [1.807, 2.05) is 0 Å². The molecule has 0 aromatic rings. The summed E-state index contributed by atoms with van der Waals surface area (Å²) >= 11 is 0. The standard InChI is InChI=1S/C66H124O6/c1-4-7-10-13-16-18-20-22-24-26-28-29-30-31-32-33-34-35-36-37-39-40-42-44-46-48-50-53-56-59-65(68)71-62-63(61-70-64(67)58-55-52-15-12-9-6-3)72-66(69)60-57-54-51-49-47-45-43-41-38-27-25-23-21-19-17-14-11-8-5-2/h20,22,26,28,63H,4-19,21,23-25,27,29-62H2,1-3H3/b22-20-,28-26-. The van der Waals surface area contributed by atoms with Gasteiger partial charge in [0.05, 0.1) is 0 Å². The Labute approximate surface area is 449 Å². The highest BCUT2D eigenvalue weighted by Gasteiger charge is 2.19. The molecule has 6 nitrogen and oxygen atoms in total. The van der Waals surface area contributed by atoms with Gasteiger partial charge in [0.25, 0.3) is 0 Å². The van der Waals surface area contributed by atoms with Crippen molar-refractivity contribution in [2.75, 3.05) is 13.2 Å². The SMILES string of the molecule is CCCCCCC/C=C\C/C=C\CCCCCCCCCCCCCCCCCCCC(=O)OCC(COC(=O)CCCCCCCC)OC(=O)CCCCCCCCCCCCCCCCCCCCC. The Bertz CT molecular complexity index is 1160. The number of esters is 3. The van der Waals surface area contributed by atoms with Crippen molar-refractivity contribution in [2.45, 2.75) is 367 Å². The van der Waals surface area contributed by atoms with Gasteiger partial charge in [-0.05, 0) is 51.4 Å². The van der Waals surface area contributed by atoms with Gasteiger partial charge in [-0.1, -0.05) is 315 Å². The summed E-state index contributed by atoms with van der Waals surface area (Å²) in [7, 11) is 0. The Morgan fingerprint density at radius 1 is 0.278 bits per heavy atom. The van der Waals surface area contributed by atoms with Gasteiger partial charge in [0.1, 0.15) is 13.2 Å². The van der Waals surface area contributed by atoms with Crippen LogP contribution in [0.2, 0.25) is 0 Å². The zero-order valence-corrected chi connectivity index (χ0v) is 48.7. The number of ether oxygens (including phenoxy) is 3. The Kier molecular flexibility index (Phi) is 59.6. The van der Waals surface area contributed by atoms with Crippen molar-refractivity contribution in [3.05, 3.63) is 24.3 Å². The van der Waals surface area contributed by atoms with Crippen molar-refractivity contribution in [1.82, 2.24) is 0 Å². The van der Waals surface area contributed by atoms with Crippen LogP contribution in [0.4, 0.5) is 0 Å². The highest BCUT2D eigenvalue weighted by atomic mass is 16.6. The lowest BCUT2D eigenvalue weighted by atomic mass is 10.0. The largest absolute Gasteiger partial charge is 0.462 e. The fourth-order valence-electron chi connectivity index (χ4n) is 9.83. The number of hydrogen-bond donors (Lipinski definition) is 0. The highest BCUT2D eigenvalue weighted by Crippen LogP contribution is 2.18. The third kappa shape index (κ3) is 58.8. The molecule has 6 heteroatoms. The number of allylic oxidation sites excluding steroid dienone is 4. The van der Waals surface area contributed by atoms with E-state index >= 15 is 0 Å². The molecule has 0 rings (SSSR count). The van der Waals surface area contributed by atoms with Crippen LogP contribution in [0.5, 0.6) is 0 Å². The summed E-state index contributed by atoms with van der Waals surface area (Å²) in [4.78, 5) is 38.0. The zero-order valence-electron chi connectivity index (χ0n) is 48.7. The smallest absolute Gasteiger partial charge is 0.306 e. The molecule has 0 heterocycles. The van der Waals surface area contributed by atoms with Crippen molar-refractivity contribution < 1.29 is 28.6 Å². The number of carbonyl (C=O) groups is 3. The molecule has 0 aromatic carbocycles. The van der Waals surface area contributed by atoms with E-state index < -0.39 is 6.10 Å². The van der Waals surface area contributed by atoms with Gasteiger partial charge in [-0.15, -0.1) is 0 Å². The molecule has 0 radical (unpaired) electrons. The molecular formula is C66H124O6. The summed E-state index contributed by atoms with van der Waals surface area (Å²) < 4.78 is 16.8. The molecule has 0 saturated carbocycles. The number of rotatable bonds is 60. The van der Waals surface area contributed by atoms with Crippen molar-refractivity contribution >= 4 is 17.9 Å². The van der Waals surface area contributed by atoms with Gasteiger partial charge < -0.3 is 14.2 Å². The molecule has 0 aliphatic heterocycles. The van der Waals surface area contributed by atoms with Gasteiger partial charge in [-0.3, -0.25) is 14.4 Å². The minimum atomic E-state index is -0.763. The Morgan fingerprint density at radius 3 is 0.764 bits per heavy atom. The number of carbonyl (C=O) groups excluding carboxylic acids is 3. The lowest BCUT2D eigenvalue weighted by Crippen LogP contribution is -2.30. The summed E-state index contributed by atoms with van der Waals surface area (Å²) in [6, 6.07) is 0. The third-order valence-electron chi connectivity index (χ3n) is 14.7. The van der Waals surface area contributed by atoms with E-state index in [1.165, 1.54) is 257 Å². The van der Waals surface area contributed by atoms with Crippen molar-refractivity contribution in [1.29, 1.82) is 0 Å².